The molecule has 1 aromatic rings. The highest BCUT2D eigenvalue weighted by Crippen LogP contribution is 2.30. The minimum atomic E-state index is -0.139. The maximum Gasteiger partial charge on any atom is 0.211 e. The predicted molar refractivity (Wildman–Crippen MR) is 66.9 cm³/mol. The van der Waals surface area contributed by atoms with Gasteiger partial charge >= 0.3 is 0 Å². The van der Waals surface area contributed by atoms with E-state index < -0.39 is 0 Å². The molecule has 0 spiro atoms. The number of phenols is 1. The molecule has 0 aromatic heterocycles. The Hall–Kier alpha value is -1.08. The molecule has 0 heterocycles. The lowest BCUT2D eigenvalue weighted by Gasteiger charge is -2.01. The predicted octanol–water partition coefficient (Wildman–Crippen LogP) is 1.52. The molecule has 0 radical (unpaired) electrons. The number of hydrogen-bond acceptors (Lipinski definition) is 3. The van der Waals surface area contributed by atoms with Crippen LogP contribution in [0.25, 0.3) is 0 Å². The minimum absolute atomic E-state index is 0.0766. The first-order valence-corrected chi connectivity index (χ1v) is 5.39. The van der Waals surface area contributed by atoms with Gasteiger partial charge in [-0.05, 0) is 28.1 Å². The first-order chi connectivity index (χ1) is 7.00. The summed E-state index contributed by atoms with van der Waals surface area (Å²) in [5.74, 6) is -0.0625. The normalized spacial score (nSPS) is 10.5. The van der Waals surface area contributed by atoms with Crippen LogP contribution in [0.15, 0.2) is 31.3 Å². The van der Waals surface area contributed by atoms with Crippen LogP contribution in [0.3, 0.4) is 0 Å². The Labute approximate surface area is 103 Å². The molecule has 0 aliphatic heterocycles. The zero-order valence-corrected chi connectivity index (χ0v) is 10.7. The van der Waals surface area contributed by atoms with Crippen LogP contribution in [0.5, 0.6) is 5.75 Å². The SMILES string of the molecule is NC(N)=N/N=C/c1cc(Br)cc(Br)c1O. The van der Waals surface area contributed by atoms with E-state index in [0.29, 0.717) is 10.0 Å². The van der Waals surface area contributed by atoms with Gasteiger partial charge in [-0.15, -0.1) is 5.10 Å². The average molecular weight is 336 g/mol. The van der Waals surface area contributed by atoms with Crippen molar-refractivity contribution in [3.8, 4) is 5.75 Å². The average Bonchev–Trinajstić information content (AvgIpc) is 2.12. The van der Waals surface area contributed by atoms with Gasteiger partial charge in [-0.1, -0.05) is 15.9 Å². The number of rotatable bonds is 2. The zero-order chi connectivity index (χ0) is 11.4. The van der Waals surface area contributed by atoms with Gasteiger partial charge in [-0.3, -0.25) is 0 Å². The summed E-state index contributed by atoms with van der Waals surface area (Å²) in [6, 6.07) is 3.40. The lowest BCUT2D eigenvalue weighted by molar-refractivity contribution is 0.471. The van der Waals surface area contributed by atoms with Crippen LogP contribution in [-0.4, -0.2) is 17.3 Å². The maximum atomic E-state index is 9.62. The Balaban J connectivity index is 3.05. The van der Waals surface area contributed by atoms with E-state index in [4.69, 9.17) is 11.5 Å². The number of benzene rings is 1. The third kappa shape index (κ3) is 3.52. The van der Waals surface area contributed by atoms with Crippen LogP contribution < -0.4 is 11.5 Å². The molecule has 15 heavy (non-hydrogen) atoms. The highest BCUT2D eigenvalue weighted by Gasteiger charge is 2.04. The number of guanidine groups is 1. The van der Waals surface area contributed by atoms with Crippen molar-refractivity contribution in [1.82, 2.24) is 0 Å². The van der Waals surface area contributed by atoms with Crippen LogP contribution in [-0.2, 0) is 0 Å². The molecule has 0 atom stereocenters. The van der Waals surface area contributed by atoms with E-state index in [1.54, 1.807) is 12.1 Å². The van der Waals surface area contributed by atoms with Crippen LogP contribution >= 0.6 is 31.9 Å². The number of aromatic hydroxyl groups is 1. The van der Waals surface area contributed by atoms with Crippen molar-refractivity contribution in [3.05, 3.63) is 26.6 Å². The van der Waals surface area contributed by atoms with Crippen molar-refractivity contribution in [3.63, 3.8) is 0 Å². The smallest absolute Gasteiger partial charge is 0.211 e. The van der Waals surface area contributed by atoms with Gasteiger partial charge in [0.1, 0.15) is 5.75 Å². The van der Waals surface area contributed by atoms with Crippen molar-refractivity contribution in [2.24, 2.45) is 21.7 Å². The standard InChI is InChI=1S/C8H8Br2N4O/c9-5-1-4(3-13-14-8(11)12)7(15)6(10)2-5/h1-3,15H,(H4,11,12,14)/b13-3+. The van der Waals surface area contributed by atoms with E-state index in [1.807, 2.05) is 0 Å². The lowest BCUT2D eigenvalue weighted by atomic mass is 10.2. The van der Waals surface area contributed by atoms with Crippen molar-refractivity contribution in [1.29, 1.82) is 0 Å². The number of nitrogens with zero attached hydrogens (tertiary/aromatic N) is 2. The molecule has 0 aliphatic rings. The summed E-state index contributed by atoms with van der Waals surface area (Å²) < 4.78 is 1.36. The van der Waals surface area contributed by atoms with Crippen LogP contribution in [0.4, 0.5) is 0 Å². The van der Waals surface area contributed by atoms with Gasteiger partial charge in [0.15, 0.2) is 0 Å². The summed E-state index contributed by atoms with van der Waals surface area (Å²) >= 11 is 6.47. The number of phenolic OH excluding ortho intramolecular Hbond substituents is 1. The highest BCUT2D eigenvalue weighted by atomic mass is 79.9. The van der Waals surface area contributed by atoms with Crippen LogP contribution in [0.2, 0.25) is 0 Å². The molecule has 0 saturated heterocycles. The third-order valence-corrected chi connectivity index (χ3v) is 2.49. The molecule has 80 valence electrons. The van der Waals surface area contributed by atoms with Crippen LogP contribution in [0, 0.1) is 0 Å². The third-order valence-electron chi connectivity index (χ3n) is 1.43. The van der Waals surface area contributed by atoms with E-state index in [2.05, 4.69) is 42.1 Å². The summed E-state index contributed by atoms with van der Waals surface area (Å²) in [7, 11) is 0. The molecule has 5 N–H and O–H groups in total. The van der Waals surface area contributed by atoms with E-state index in [0.717, 1.165) is 4.47 Å². The molecule has 0 fully saturated rings. The zero-order valence-electron chi connectivity index (χ0n) is 7.48. The molecule has 1 aromatic carbocycles. The van der Waals surface area contributed by atoms with Crippen molar-refractivity contribution in [2.45, 2.75) is 0 Å². The summed E-state index contributed by atoms with van der Waals surface area (Å²) in [6.45, 7) is 0. The van der Waals surface area contributed by atoms with Gasteiger partial charge in [0.25, 0.3) is 0 Å². The Kier molecular flexibility index (Phi) is 4.10. The van der Waals surface area contributed by atoms with Gasteiger partial charge in [0.05, 0.1) is 10.7 Å². The second kappa shape index (κ2) is 5.13. The molecule has 0 saturated carbocycles. The number of nitrogens with two attached hydrogens (primary N) is 2. The summed E-state index contributed by atoms with van der Waals surface area (Å²) in [5, 5.41) is 16.6. The van der Waals surface area contributed by atoms with Gasteiger partial charge in [0, 0.05) is 10.0 Å². The topological polar surface area (TPSA) is 97.0 Å². The fraction of sp³-hybridized carbons (Fsp3) is 0. The summed E-state index contributed by atoms with van der Waals surface area (Å²) in [5.41, 5.74) is 10.7. The Morgan fingerprint density at radius 2 is 2.00 bits per heavy atom. The maximum absolute atomic E-state index is 9.62. The van der Waals surface area contributed by atoms with Crippen LogP contribution in [0.1, 0.15) is 5.56 Å². The Bertz CT molecular complexity index is 427. The lowest BCUT2D eigenvalue weighted by Crippen LogP contribution is -2.21. The minimum Gasteiger partial charge on any atom is -0.506 e. The van der Waals surface area contributed by atoms with Gasteiger partial charge in [-0.2, -0.15) is 5.10 Å². The molecular weight excluding hydrogens is 328 g/mol. The fourth-order valence-corrected chi connectivity index (χ4v) is 2.10. The molecule has 0 unspecified atom stereocenters. The molecule has 0 amide bonds. The highest BCUT2D eigenvalue weighted by molar-refractivity contribution is 9.11. The molecule has 5 nitrogen and oxygen atoms in total. The van der Waals surface area contributed by atoms with E-state index in [-0.39, 0.29) is 11.7 Å². The molecule has 0 aliphatic carbocycles. The van der Waals surface area contributed by atoms with E-state index in [9.17, 15) is 5.11 Å². The first-order valence-electron chi connectivity index (χ1n) is 3.80. The monoisotopic (exact) mass is 334 g/mol. The Morgan fingerprint density at radius 3 is 2.60 bits per heavy atom. The quantitative estimate of drug-likeness (QED) is 0.434. The van der Waals surface area contributed by atoms with Crippen molar-refractivity contribution < 1.29 is 5.11 Å². The number of halogens is 2. The van der Waals surface area contributed by atoms with Crippen molar-refractivity contribution >= 4 is 44.0 Å². The summed E-state index contributed by atoms with van der Waals surface area (Å²) in [6.07, 6.45) is 1.35. The fourth-order valence-electron chi connectivity index (χ4n) is 0.842. The molecular formula is C8H8Br2N4O. The second-order valence-corrected chi connectivity index (χ2v) is 4.36. The van der Waals surface area contributed by atoms with Gasteiger partial charge in [-0.25, -0.2) is 0 Å². The van der Waals surface area contributed by atoms with Gasteiger partial charge in [0.2, 0.25) is 5.96 Å². The van der Waals surface area contributed by atoms with E-state index in [1.165, 1.54) is 6.21 Å². The molecule has 0 bridgehead atoms. The largest absolute Gasteiger partial charge is 0.506 e. The Morgan fingerprint density at radius 1 is 1.33 bits per heavy atom. The number of hydrogen-bond donors (Lipinski definition) is 3. The van der Waals surface area contributed by atoms with E-state index >= 15 is 0 Å². The molecule has 1 rings (SSSR count). The summed E-state index contributed by atoms with van der Waals surface area (Å²) in [4.78, 5) is 0. The van der Waals surface area contributed by atoms with Gasteiger partial charge < -0.3 is 16.6 Å². The molecule has 7 heteroatoms. The first kappa shape index (κ1) is 12.0. The van der Waals surface area contributed by atoms with Crippen molar-refractivity contribution in [2.75, 3.05) is 0 Å². The second-order valence-electron chi connectivity index (χ2n) is 2.59.